The third-order valence-electron chi connectivity index (χ3n) is 4.06. The molecule has 0 aliphatic carbocycles. The second-order valence-electron chi connectivity index (χ2n) is 6.62. The van der Waals surface area contributed by atoms with E-state index in [9.17, 15) is 9.59 Å². The van der Waals surface area contributed by atoms with Crippen LogP contribution in [0.5, 0.6) is 5.75 Å². The summed E-state index contributed by atoms with van der Waals surface area (Å²) in [7, 11) is 3.43. The molecule has 2 aromatic rings. The van der Waals surface area contributed by atoms with Gasteiger partial charge in [-0.25, -0.2) is 0 Å². The van der Waals surface area contributed by atoms with Crippen molar-refractivity contribution in [1.82, 2.24) is 4.90 Å². The lowest BCUT2D eigenvalue weighted by atomic mass is 10.2. The van der Waals surface area contributed by atoms with Crippen LogP contribution < -0.4 is 10.1 Å². The number of hydrogen-bond donors (Lipinski definition) is 1. The zero-order valence-electron chi connectivity index (χ0n) is 16.4. The maximum Gasteiger partial charge on any atom is 0.285 e. The third kappa shape index (κ3) is 6.90. The molecule has 2 amide bonds. The van der Waals surface area contributed by atoms with Crippen LogP contribution in [0.25, 0.3) is 0 Å². The lowest BCUT2D eigenvalue weighted by Crippen LogP contribution is -2.20. The number of nitrogens with zero attached hydrogens (tertiary/aromatic N) is 1. The van der Waals surface area contributed by atoms with Gasteiger partial charge >= 0.3 is 0 Å². The number of carbonyl (C=O) groups excluding carboxylic acids is 2. The Balaban J connectivity index is 1.45. The van der Waals surface area contributed by atoms with Gasteiger partial charge in [-0.3, -0.25) is 9.59 Å². The molecule has 0 bridgehead atoms. The summed E-state index contributed by atoms with van der Waals surface area (Å²) in [6.45, 7) is -0.0537. The van der Waals surface area contributed by atoms with E-state index in [1.807, 2.05) is 47.8 Å². The first-order valence-corrected chi connectivity index (χ1v) is 12.2. The predicted molar refractivity (Wildman–Crippen MR) is 124 cm³/mol. The highest BCUT2D eigenvalue weighted by Gasteiger charge is 2.16. The number of hydrogen-bond acceptors (Lipinski definition) is 6. The van der Waals surface area contributed by atoms with E-state index in [1.165, 1.54) is 28.4 Å². The Labute approximate surface area is 184 Å². The summed E-state index contributed by atoms with van der Waals surface area (Å²) in [4.78, 5) is 26.2. The summed E-state index contributed by atoms with van der Waals surface area (Å²) >= 11 is 5.11. The molecule has 5 nitrogen and oxygen atoms in total. The van der Waals surface area contributed by atoms with Gasteiger partial charge in [-0.2, -0.15) is 0 Å². The fourth-order valence-corrected chi connectivity index (χ4v) is 6.10. The molecular weight excluding hydrogens is 424 g/mol. The quantitative estimate of drug-likeness (QED) is 0.602. The van der Waals surface area contributed by atoms with Gasteiger partial charge in [0, 0.05) is 24.7 Å². The largest absolute Gasteiger partial charge is 0.484 e. The molecule has 1 fully saturated rings. The minimum atomic E-state index is -0.225. The number of nitrogens with one attached hydrogen (secondary N) is 1. The molecule has 0 aromatic heterocycles. The van der Waals surface area contributed by atoms with Gasteiger partial charge in [-0.1, -0.05) is 12.1 Å². The predicted octanol–water partition coefficient (Wildman–Crippen LogP) is 5.35. The summed E-state index contributed by atoms with van der Waals surface area (Å²) in [6.07, 6.45) is 1.28. The Hall–Kier alpha value is -1.77. The lowest BCUT2D eigenvalue weighted by molar-refractivity contribution is -0.118. The normalized spacial score (nSPS) is 14.3. The summed E-state index contributed by atoms with van der Waals surface area (Å²) in [5.74, 6) is 2.88. The zero-order chi connectivity index (χ0) is 20.6. The molecular formula is C21H24N2O3S3. The molecule has 29 heavy (non-hydrogen) atoms. The molecule has 1 aliphatic rings. The monoisotopic (exact) mass is 448 g/mol. The molecule has 0 unspecified atom stereocenters. The standard InChI is InChI=1S/C21H24N2O3S3/c1-23(2)21(25)29-18-10-6-16(7-11-18)22-19(24)14-26-17-8-4-15(5-9-17)20-27-12-3-13-28-20/h4-11,20H,3,12-14H2,1-2H3,(H,22,24). The van der Waals surface area contributed by atoms with Crippen LogP contribution in [0.1, 0.15) is 16.6 Å². The van der Waals surface area contributed by atoms with E-state index in [1.54, 1.807) is 26.2 Å². The van der Waals surface area contributed by atoms with Crippen molar-refractivity contribution in [2.75, 3.05) is 37.5 Å². The van der Waals surface area contributed by atoms with Crippen molar-refractivity contribution in [3.63, 3.8) is 0 Å². The van der Waals surface area contributed by atoms with E-state index in [-0.39, 0.29) is 17.8 Å². The molecule has 0 spiro atoms. The molecule has 2 aromatic carbocycles. The second kappa shape index (κ2) is 10.8. The molecule has 154 valence electrons. The van der Waals surface area contributed by atoms with Gasteiger partial charge < -0.3 is 15.0 Å². The van der Waals surface area contributed by atoms with Crippen LogP contribution in [-0.2, 0) is 4.79 Å². The highest BCUT2D eigenvalue weighted by Crippen LogP contribution is 2.43. The molecule has 1 N–H and O–H groups in total. The van der Waals surface area contributed by atoms with Crippen molar-refractivity contribution in [2.45, 2.75) is 15.9 Å². The molecule has 3 rings (SSSR count). The maximum atomic E-state index is 12.1. The third-order valence-corrected chi connectivity index (χ3v) is 8.12. The van der Waals surface area contributed by atoms with Gasteiger partial charge in [0.2, 0.25) is 0 Å². The zero-order valence-corrected chi connectivity index (χ0v) is 18.9. The van der Waals surface area contributed by atoms with Crippen LogP contribution in [0.2, 0.25) is 0 Å². The average Bonchev–Trinajstić information content (AvgIpc) is 2.74. The van der Waals surface area contributed by atoms with E-state index in [2.05, 4.69) is 17.4 Å². The molecule has 8 heteroatoms. The summed E-state index contributed by atoms with van der Waals surface area (Å²) < 4.78 is 6.10. The Morgan fingerprint density at radius 1 is 1.07 bits per heavy atom. The van der Waals surface area contributed by atoms with Crippen LogP contribution >= 0.6 is 35.3 Å². The SMILES string of the molecule is CN(C)C(=O)Sc1ccc(NC(=O)COc2ccc(C3SCCCS3)cc2)cc1. The number of carbonyl (C=O) groups is 2. The molecule has 0 saturated carbocycles. The average molecular weight is 449 g/mol. The van der Waals surface area contributed by atoms with E-state index >= 15 is 0 Å². The number of anilines is 1. The van der Waals surface area contributed by atoms with Gasteiger partial charge in [0.25, 0.3) is 11.1 Å². The Morgan fingerprint density at radius 2 is 1.72 bits per heavy atom. The summed E-state index contributed by atoms with van der Waals surface area (Å²) in [5.41, 5.74) is 1.96. The van der Waals surface area contributed by atoms with Crippen molar-refractivity contribution in [1.29, 1.82) is 0 Å². The van der Waals surface area contributed by atoms with Crippen molar-refractivity contribution < 1.29 is 14.3 Å². The number of thioether (sulfide) groups is 3. The molecule has 1 heterocycles. The maximum absolute atomic E-state index is 12.1. The second-order valence-corrected chi connectivity index (χ2v) is 10.4. The van der Waals surface area contributed by atoms with Gasteiger partial charge in [0.05, 0.1) is 4.58 Å². The van der Waals surface area contributed by atoms with Crippen molar-refractivity contribution in [3.8, 4) is 5.75 Å². The first-order valence-electron chi connectivity index (χ1n) is 9.26. The minimum Gasteiger partial charge on any atom is -0.484 e. The van der Waals surface area contributed by atoms with Crippen LogP contribution in [-0.4, -0.2) is 48.3 Å². The highest BCUT2D eigenvalue weighted by atomic mass is 32.2. The minimum absolute atomic E-state index is 0.0399. The van der Waals surface area contributed by atoms with Gasteiger partial charge in [0.15, 0.2) is 6.61 Å². The van der Waals surface area contributed by atoms with Crippen molar-refractivity contribution in [3.05, 3.63) is 54.1 Å². The molecule has 1 aliphatic heterocycles. The van der Waals surface area contributed by atoms with E-state index in [4.69, 9.17) is 4.74 Å². The molecule has 0 radical (unpaired) electrons. The van der Waals surface area contributed by atoms with Crippen molar-refractivity contribution >= 4 is 52.1 Å². The first kappa shape index (κ1) is 21.9. The number of rotatable bonds is 6. The van der Waals surface area contributed by atoms with E-state index in [0.29, 0.717) is 16.0 Å². The fraction of sp³-hybridized carbons (Fsp3) is 0.333. The smallest absolute Gasteiger partial charge is 0.285 e. The Morgan fingerprint density at radius 3 is 2.34 bits per heavy atom. The Kier molecular flexibility index (Phi) is 8.20. The number of ether oxygens (including phenoxy) is 1. The van der Waals surface area contributed by atoms with Crippen LogP contribution in [0.4, 0.5) is 10.5 Å². The van der Waals surface area contributed by atoms with Gasteiger partial charge in [0.1, 0.15) is 5.75 Å². The summed E-state index contributed by atoms with van der Waals surface area (Å²) in [5, 5.41) is 2.76. The summed E-state index contributed by atoms with van der Waals surface area (Å²) in [6, 6.07) is 15.2. The number of amides is 2. The fourth-order valence-electron chi connectivity index (χ4n) is 2.55. The van der Waals surface area contributed by atoms with Crippen LogP contribution in [0.3, 0.4) is 0 Å². The topological polar surface area (TPSA) is 58.6 Å². The van der Waals surface area contributed by atoms with Gasteiger partial charge in [-0.15, -0.1) is 23.5 Å². The van der Waals surface area contributed by atoms with Gasteiger partial charge in [-0.05, 0) is 71.7 Å². The Bertz CT molecular complexity index is 820. The number of benzene rings is 2. The molecule has 0 atom stereocenters. The first-order chi connectivity index (χ1) is 14.0. The van der Waals surface area contributed by atoms with Crippen LogP contribution in [0, 0.1) is 0 Å². The lowest BCUT2D eigenvalue weighted by Gasteiger charge is -2.21. The molecule has 1 saturated heterocycles. The highest BCUT2D eigenvalue weighted by molar-refractivity contribution is 8.16. The van der Waals surface area contributed by atoms with E-state index in [0.717, 1.165) is 16.7 Å². The van der Waals surface area contributed by atoms with Crippen LogP contribution in [0.15, 0.2) is 53.4 Å². The van der Waals surface area contributed by atoms with Crippen molar-refractivity contribution in [2.24, 2.45) is 0 Å². The van der Waals surface area contributed by atoms with E-state index < -0.39 is 0 Å².